The molecular formula is C16H22N6O. The number of nitrogens with one attached hydrogen (secondary N) is 2. The normalized spacial score (nSPS) is 14.6. The number of aromatic amines is 1. The number of anilines is 1. The average Bonchev–Trinajstić information content (AvgIpc) is 2.86. The molecule has 0 bridgehead atoms. The van der Waals surface area contributed by atoms with Gasteiger partial charge in [0.1, 0.15) is 5.82 Å². The summed E-state index contributed by atoms with van der Waals surface area (Å²) in [5.74, 6) is 0.838. The summed E-state index contributed by atoms with van der Waals surface area (Å²) in [7, 11) is 0. The first-order valence-corrected chi connectivity index (χ1v) is 7.94. The zero-order valence-electron chi connectivity index (χ0n) is 13.8. The lowest BCUT2D eigenvalue weighted by molar-refractivity contribution is -0.117. The van der Waals surface area contributed by atoms with E-state index in [1.54, 1.807) is 0 Å². The second-order valence-corrected chi connectivity index (χ2v) is 5.93. The molecular weight excluding hydrogens is 292 g/mol. The Kier molecular flexibility index (Phi) is 4.38. The fourth-order valence-corrected chi connectivity index (χ4v) is 2.82. The van der Waals surface area contributed by atoms with Crippen LogP contribution in [0.4, 0.5) is 5.69 Å². The Morgan fingerprint density at radius 2 is 2.26 bits per heavy atom. The maximum atomic E-state index is 12.3. The standard InChI is InChI=1S/C16H22N6O/c1-4-14-17-7-12-5-6-22(8-13(12)18-14)9-15(23)19-16-10(2)20-21-11(16)3/h7H,4-6,8-9H2,1-3H3,(H,19,23)(H,20,21). The summed E-state index contributed by atoms with van der Waals surface area (Å²) in [6.45, 7) is 7.72. The number of amides is 1. The number of nitrogens with zero attached hydrogens (tertiary/aromatic N) is 4. The smallest absolute Gasteiger partial charge is 0.238 e. The zero-order chi connectivity index (χ0) is 16.4. The van der Waals surface area contributed by atoms with Crippen LogP contribution in [0.2, 0.25) is 0 Å². The maximum absolute atomic E-state index is 12.3. The van der Waals surface area contributed by atoms with Crippen LogP contribution in [0.1, 0.15) is 35.4 Å². The van der Waals surface area contributed by atoms with Gasteiger partial charge in [-0.15, -0.1) is 0 Å². The van der Waals surface area contributed by atoms with Crippen molar-refractivity contribution < 1.29 is 4.79 Å². The molecule has 0 saturated carbocycles. The number of carbonyl (C=O) groups is 1. The SMILES string of the molecule is CCc1ncc2c(n1)CN(CC(=O)Nc1c(C)n[nH]c1C)CC2. The summed E-state index contributed by atoms with van der Waals surface area (Å²) >= 11 is 0. The van der Waals surface area contributed by atoms with E-state index < -0.39 is 0 Å². The Balaban J connectivity index is 1.64. The lowest BCUT2D eigenvalue weighted by Gasteiger charge is -2.27. The largest absolute Gasteiger partial charge is 0.322 e. The van der Waals surface area contributed by atoms with E-state index in [2.05, 4.69) is 30.4 Å². The maximum Gasteiger partial charge on any atom is 0.238 e. The molecule has 23 heavy (non-hydrogen) atoms. The monoisotopic (exact) mass is 314 g/mol. The minimum Gasteiger partial charge on any atom is -0.322 e. The highest BCUT2D eigenvalue weighted by Crippen LogP contribution is 2.18. The van der Waals surface area contributed by atoms with Gasteiger partial charge in [0.15, 0.2) is 0 Å². The first-order chi connectivity index (χ1) is 11.1. The molecule has 1 aliphatic rings. The number of fused-ring (bicyclic) bond motifs is 1. The molecule has 3 heterocycles. The predicted molar refractivity (Wildman–Crippen MR) is 87.1 cm³/mol. The molecule has 1 amide bonds. The Morgan fingerprint density at radius 3 is 2.96 bits per heavy atom. The summed E-state index contributed by atoms with van der Waals surface area (Å²) < 4.78 is 0. The van der Waals surface area contributed by atoms with Gasteiger partial charge in [-0.05, 0) is 25.8 Å². The minimum absolute atomic E-state index is 0.0224. The minimum atomic E-state index is -0.0224. The van der Waals surface area contributed by atoms with Gasteiger partial charge in [-0.3, -0.25) is 14.8 Å². The molecule has 0 atom stereocenters. The molecule has 0 radical (unpaired) electrons. The summed E-state index contributed by atoms with van der Waals surface area (Å²) in [6, 6.07) is 0. The van der Waals surface area contributed by atoms with Crippen LogP contribution in [0.3, 0.4) is 0 Å². The Labute approximate surface area is 135 Å². The van der Waals surface area contributed by atoms with Gasteiger partial charge in [-0.2, -0.15) is 5.10 Å². The first kappa shape index (κ1) is 15.6. The van der Waals surface area contributed by atoms with Gasteiger partial charge < -0.3 is 5.32 Å². The summed E-state index contributed by atoms with van der Waals surface area (Å²) in [5.41, 5.74) is 4.70. The van der Waals surface area contributed by atoms with Crippen molar-refractivity contribution >= 4 is 11.6 Å². The van der Waals surface area contributed by atoms with Gasteiger partial charge in [0, 0.05) is 25.7 Å². The van der Waals surface area contributed by atoms with Crippen molar-refractivity contribution in [3.05, 3.63) is 34.7 Å². The quantitative estimate of drug-likeness (QED) is 0.890. The van der Waals surface area contributed by atoms with E-state index in [9.17, 15) is 4.79 Å². The molecule has 122 valence electrons. The number of hydrogen-bond acceptors (Lipinski definition) is 5. The summed E-state index contributed by atoms with van der Waals surface area (Å²) in [5, 5.41) is 9.92. The van der Waals surface area contributed by atoms with Crippen LogP contribution < -0.4 is 5.32 Å². The first-order valence-electron chi connectivity index (χ1n) is 7.94. The van der Waals surface area contributed by atoms with E-state index in [-0.39, 0.29) is 5.91 Å². The molecule has 0 fully saturated rings. The molecule has 0 aromatic carbocycles. The highest BCUT2D eigenvalue weighted by atomic mass is 16.2. The van der Waals surface area contributed by atoms with Crippen molar-refractivity contribution in [1.29, 1.82) is 0 Å². The van der Waals surface area contributed by atoms with Crippen molar-refractivity contribution in [2.75, 3.05) is 18.4 Å². The number of carbonyl (C=O) groups excluding carboxylic acids is 1. The Hall–Kier alpha value is -2.28. The second-order valence-electron chi connectivity index (χ2n) is 5.93. The lowest BCUT2D eigenvalue weighted by atomic mass is 10.1. The van der Waals surface area contributed by atoms with Crippen LogP contribution in [-0.2, 0) is 24.2 Å². The second kappa shape index (κ2) is 6.45. The van der Waals surface area contributed by atoms with Crippen molar-refractivity contribution in [3.8, 4) is 0 Å². The number of hydrogen-bond donors (Lipinski definition) is 2. The van der Waals surface area contributed by atoms with E-state index in [4.69, 9.17) is 0 Å². The number of H-pyrrole nitrogens is 1. The molecule has 1 aliphatic heterocycles. The number of rotatable bonds is 4. The van der Waals surface area contributed by atoms with Crippen LogP contribution in [-0.4, -0.2) is 44.1 Å². The van der Waals surface area contributed by atoms with Gasteiger partial charge in [0.2, 0.25) is 5.91 Å². The van der Waals surface area contributed by atoms with Gasteiger partial charge >= 0.3 is 0 Å². The van der Waals surface area contributed by atoms with Crippen LogP contribution in [0.5, 0.6) is 0 Å². The Morgan fingerprint density at radius 1 is 1.43 bits per heavy atom. The van der Waals surface area contributed by atoms with Gasteiger partial charge in [0.05, 0.1) is 29.3 Å². The molecule has 3 rings (SSSR count). The molecule has 0 aliphatic carbocycles. The van der Waals surface area contributed by atoms with Crippen LogP contribution >= 0.6 is 0 Å². The van der Waals surface area contributed by atoms with E-state index in [0.717, 1.165) is 48.0 Å². The molecule has 0 saturated heterocycles. The fourth-order valence-electron chi connectivity index (χ4n) is 2.82. The third kappa shape index (κ3) is 3.39. The highest BCUT2D eigenvalue weighted by Gasteiger charge is 2.21. The Bertz CT molecular complexity index is 704. The van der Waals surface area contributed by atoms with Gasteiger partial charge in [-0.25, -0.2) is 9.97 Å². The molecule has 2 aromatic heterocycles. The van der Waals surface area contributed by atoms with E-state index in [0.29, 0.717) is 13.1 Å². The van der Waals surface area contributed by atoms with Crippen molar-refractivity contribution in [2.45, 2.75) is 40.2 Å². The molecule has 2 N–H and O–H groups in total. The number of aryl methyl sites for hydroxylation is 3. The third-order valence-corrected chi connectivity index (χ3v) is 4.15. The van der Waals surface area contributed by atoms with Crippen LogP contribution in [0.25, 0.3) is 0 Å². The molecule has 7 heteroatoms. The lowest BCUT2D eigenvalue weighted by Crippen LogP contribution is -2.37. The van der Waals surface area contributed by atoms with Gasteiger partial charge in [-0.1, -0.05) is 6.92 Å². The van der Waals surface area contributed by atoms with Crippen molar-refractivity contribution in [2.24, 2.45) is 0 Å². The van der Waals surface area contributed by atoms with Crippen LogP contribution in [0.15, 0.2) is 6.20 Å². The van der Waals surface area contributed by atoms with E-state index >= 15 is 0 Å². The topological polar surface area (TPSA) is 86.8 Å². The van der Waals surface area contributed by atoms with Gasteiger partial charge in [0.25, 0.3) is 0 Å². The van der Waals surface area contributed by atoms with Crippen LogP contribution in [0, 0.1) is 13.8 Å². The molecule has 0 unspecified atom stereocenters. The molecule has 7 nitrogen and oxygen atoms in total. The van der Waals surface area contributed by atoms with Crippen molar-refractivity contribution in [1.82, 2.24) is 25.1 Å². The molecule has 0 spiro atoms. The van der Waals surface area contributed by atoms with E-state index in [1.807, 2.05) is 27.0 Å². The average molecular weight is 314 g/mol. The predicted octanol–water partition coefficient (Wildman–Crippen LogP) is 1.38. The number of aromatic nitrogens is 4. The zero-order valence-corrected chi connectivity index (χ0v) is 13.8. The summed E-state index contributed by atoms with van der Waals surface area (Å²) in [6.07, 6.45) is 3.64. The summed E-state index contributed by atoms with van der Waals surface area (Å²) in [4.78, 5) is 23.4. The highest BCUT2D eigenvalue weighted by molar-refractivity contribution is 5.93. The van der Waals surface area contributed by atoms with E-state index in [1.165, 1.54) is 5.56 Å². The fraction of sp³-hybridized carbons (Fsp3) is 0.500. The van der Waals surface area contributed by atoms with Crippen molar-refractivity contribution in [3.63, 3.8) is 0 Å². The third-order valence-electron chi connectivity index (χ3n) is 4.15. The molecule has 2 aromatic rings.